The number of aryl methyl sites for hydroxylation is 1. The number of piperidine rings is 2. The van der Waals surface area contributed by atoms with Crippen molar-refractivity contribution in [2.24, 2.45) is 0 Å². The molecule has 2 aromatic rings. The number of ether oxygens (including phenoxy) is 2. The average Bonchev–Trinajstić information content (AvgIpc) is 3.43. The van der Waals surface area contributed by atoms with Gasteiger partial charge >= 0.3 is 0 Å². The zero-order chi connectivity index (χ0) is 26.3. The maximum absolute atomic E-state index is 13.0. The van der Waals surface area contributed by atoms with Crippen LogP contribution in [0.4, 0.5) is 0 Å². The topological polar surface area (TPSA) is 88.2 Å². The predicted octanol–water partition coefficient (Wildman–Crippen LogP) is 3.44. The number of nitrogens with one attached hydrogen (secondary N) is 1. The third-order valence-corrected chi connectivity index (χ3v) is 8.59. The van der Waals surface area contributed by atoms with E-state index in [1.165, 1.54) is 16.7 Å². The maximum atomic E-state index is 13.0. The van der Waals surface area contributed by atoms with Crippen LogP contribution >= 0.6 is 0 Å². The summed E-state index contributed by atoms with van der Waals surface area (Å²) in [5.41, 5.74) is 5.35. The molecule has 1 N–H and O–H groups in total. The van der Waals surface area contributed by atoms with Crippen LogP contribution in [0.2, 0.25) is 0 Å². The Morgan fingerprint density at radius 1 is 1.11 bits per heavy atom. The van der Waals surface area contributed by atoms with Crippen molar-refractivity contribution in [1.29, 1.82) is 0 Å². The number of rotatable bonds is 7. The Hall–Kier alpha value is -3.23. The number of hydrogen-bond acceptors (Lipinski definition) is 6. The van der Waals surface area contributed by atoms with Crippen molar-refractivity contribution in [3.8, 4) is 5.75 Å². The zero-order valence-electron chi connectivity index (χ0n) is 22.0. The number of nitrogens with zero attached hydrogens (tertiary/aromatic N) is 2. The van der Waals surface area contributed by atoms with Crippen LogP contribution in [-0.4, -0.2) is 59.8 Å². The van der Waals surface area contributed by atoms with E-state index in [4.69, 9.17) is 9.47 Å². The van der Waals surface area contributed by atoms with Gasteiger partial charge in [0, 0.05) is 30.6 Å². The second-order valence-corrected chi connectivity index (χ2v) is 11.0. The maximum Gasteiger partial charge on any atom is 0.255 e. The largest absolute Gasteiger partial charge is 0.493 e. The summed E-state index contributed by atoms with van der Waals surface area (Å²) in [5.74, 6) is -0.146. The zero-order valence-corrected chi connectivity index (χ0v) is 22.0. The third kappa shape index (κ3) is 4.60. The molecule has 0 aliphatic carbocycles. The summed E-state index contributed by atoms with van der Waals surface area (Å²) in [6.07, 6.45) is 4.64. The summed E-state index contributed by atoms with van der Waals surface area (Å²) in [4.78, 5) is 40.9. The lowest BCUT2D eigenvalue weighted by Crippen LogP contribution is -2.52. The van der Waals surface area contributed by atoms with Gasteiger partial charge in [-0.2, -0.15) is 0 Å². The molecule has 0 saturated carbocycles. The number of likely N-dealkylation sites (tertiary alicyclic amines) is 1. The number of fused-ring (bicyclic) bond motifs is 3. The van der Waals surface area contributed by atoms with E-state index in [1.54, 1.807) is 11.0 Å². The molecular weight excluding hydrogens is 482 g/mol. The molecule has 8 nitrogen and oxygen atoms in total. The van der Waals surface area contributed by atoms with Crippen LogP contribution in [0, 0.1) is 6.92 Å². The number of unbranched alkanes of at least 4 members (excludes halogenated alkanes) is 1. The lowest BCUT2D eigenvalue weighted by atomic mass is 9.83. The molecule has 4 aliphatic heterocycles. The number of amides is 3. The van der Waals surface area contributed by atoms with E-state index < -0.39 is 11.9 Å². The Labute approximate surface area is 223 Å². The van der Waals surface area contributed by atoms with Crippen LogP contribution in [0.3, 0.4) is 0 Å². The van der Waals surface area contributed by atoms with Crippen LogP contribution in [0.25, 0.3) is 0 Å². The molecule has 6 rings (SSSR count). The van der Waals surface area contributed by atoms with Crippen molar-refractivity contribution in [3.63, 3.8) is 0 Å². The van der Waals surface area contributed by atoms with E-state index in [0.29, 0.717) is 30.9 Å². The van der Waals surface area contributed by atoms with E-state index in [2.05, 4.69) is 35.3 Å². The fourth-order valence-corrected chi connectivity index (χ4v) is 6.40. The number of carbonyl (C=O) groups is 3. The standard InChI is InChI=1S/C30H35N3O5/c1-20-7-8-21-19-38-30(24(21)17-20)11-14-32(15-12-30)13-2-3-16-37-26-6-4-5-22-23(26)18-33(29(22)36)25-9-10-27(34)31-28(25)35/h4-8,17,25H,2-3,9-16,18-19H2,1H3,(H,31,34,35). The Morgan fingerprint density at radius 2 is 1.95 bits per heavy atom. The molecule has 2 fully saturated rings. The van der Waals surface area contributed by atoms with E-state index in [0.717, 1.165) is 57.5 Å². The molecule has 3 amide bonds. The van der Waals surface area contributed by atoms with Crippen LogP contribution < -0.4 is 10.1 Å². The second-order valence-electron chi connectivity index (χ2n) is 11.0. The molecule has 0 radical (unpaired) electrons. The average molecular weight is 518 g/mol. The summed E-state index contributed by atoms with van der Waals surface area (Å²) in [6, 6.07) is 11.6. The minimum absolute atomic E-state index is 0.103. The Morgan fingerprint density at radius 3 is 2.76 bits per heavy atom. The fraction of sp³-hybridized carbons (Fsp3) is 0.500. The second kappa shape index (κ2) is 10.2. The van der Waals surface area contributed by atoms with Gasteiger partial charge < -0.3 is 19.3 Å². The molecule has 0 aromatic heterocycles. The SMILES string of the molecule is Cc1ccc2c(c1)C1(CCN(CCCCOc3cccc4c3CN(C3CCC(=O)NC3=O)C4=O)CC1)OC2. The molecule has 2 saturated heterocycles. The van der Waals surface area contributed by atoms with Crippen LogP contribution in [0.1, 0.15) is 71.1 Å². The Kier molecular flexibility index (Phi) is 6.70. The number of imide groups is 1. The van der Waals surface area contributed by atoms with Crippen molar-refractivity contribution in [2.45, 2.75) is 70.2 Å². The van der Waals surface area contributed by atoms with Crippen LogP contribution in [0.15, 0.2) is 36.4 Å². The molecule has 0 bridgehead atoms. The van der Waals surface area contributed by atoms with Gasteiger partial charge in [0.15, 0.2) is 0 Å². The molecule has 200 valence electrons. The van der Waals surface area contributed by atoms with Crippen molar-refractivity contribution in [2.75, 3.05) is 26.2 Å². The summed E-state index contributed by atoms with van der Waals surface area (Å²) in [7, 11) is 0. The Bertz CT molecular complexity index is 1270. The van der Waals surface area contributed by atoms with Crippen molar-refractivity contribution >= 4 is 17.7 Å². The quantitative estimate of drug-likeness (QED) is 0.447. The monoisotopic (exact) mass is 517 g/mol. The molecule has 1 unspecified atom stereocenters. The summed E-state index contributed by atoms with van der Waals surface area (Å²) < 4.78 is 12.5. The molecule has 8 heteroatoms. The van der Waals surface area contributed by atoms with Gasteiger partial charge in [0.05, 0.1) is 25.4 Å². The molecule has 4 heterocycles. The number of hydrogen-bond donors (Lipinski definition) is 1. The van der Waals surface area contributed by atoms with Crippen molar-refractivity contribution in [1.82, 2.24) is 15.1 Å². The molecule has 4 aliphatic rings. The summed E-state index contributed by atoms with van der Waals surface area (Å²) in [6.45, 7) is 6.91. The highest BCUT2D eigenvalue weighted by Crippen LogP contribution is 2.44. The van der Waals surface area contributed by atoms with E-state index >= 15 is 0 Å². The summed E-state index contributed by atoms with van der Waals surface area (Å²) >= 11 is 0. The normalized spacial score (nSPS) is 22.5. The lowest BCUT2D eigenvalue weighted by molar-refractivity contribution is -0.136. The Balaban J connectivity index is 0.974. The first-order valence-corrected chi connectivity index (χ1v) is 13.8. The van der Waals surface area contributed by atoms with Gasteiger partial charge in [-0.15, -0.1) is 0 Å². The molecule has 38 heavy (non-hydrogen) atoms. The van der Waals surface area contributed by atoms with Gasteiger partial charge in [0.25, 0.3) is 5.91 Å². The van der Waals surface area contributed by atoms with Gasteiger partial charge in [0.2, 0.25) is 11.8 Å². The molecule has 2 aromatic carbocycles. The smallest absolute Gasteiger partial charge is 0.255 e. The van der Waals surface area contributed by atoms with E-state index in [-0.39, 0.29) is 23.8 Å². The molecule has 1 atom stereocenters. The third-order valence-electron chi connectivity index (χ3n) is 8.59. The lowest BCUT2D eigenvalue weighted by Gasteiger charge is -2.39. The first-order chi connectivity index (χ1) is 18.4. The number of benzene rings is 2. The van der Waals surface area contributed by atoms with Gasteiger partial charge in [-0.25, -0.2) is 0 Å². The minimum atomic E-state index is -0.615. The first-order valence-electron chi connectivity index (χ1n) is 13.8. The first kappa shape index (κ1) is 25.1. The highest BCUT2D eigenvalue weighted by molar-refractivity contribution is 6.05. The highest BCUT2D eigenvalue weighted by Gasteiger charge is 2.43. The predicted molar refractivity (Wildman–Crippen MR) is 141 cm³/mol. The molecule has 1 spiro atoms. The molecular formula is C30H35N3O5. The summed E-state index contributed by atoms with van der Waals surface area (Å²) in [5, 5.41) is 2.35. The van der Waals surface area contributed by atoms with Gasteiger partial charge in [-0.1, -0.05) is 29.8 Å². The highest BCUT2D eigenvalue weighted by atomic mass is 16.5. The minimum Gasteiger partial charge on any atom is -0.493 e. The van der Waals surface area contributed by atoms with E-state index in [1.807, 2.05) is 12.1 Å². The number of carbonyl (C=O) groups excluding carboxylic acids is 3. The van der Waals surface area contributed by atoms with Crippen LogP contribution in [0.5, 0.6) is 5.75 Å². The van der Waals surface area contributed by atoms with Crippen molar-refractivity contribution < 1.29 is 23.9 Å². The van der Waals surface area contributed by atoms with E-state index in [9.17, 15) is 14.4 Å². The van der Waals surface area contributed by atoms with Crippen molar-refractivity contribution in [3.05, 3.63) is 64.2 Å². The van der Waals surface area contributed by atoms with Gasteiger partial charge in [-0.3, -0.25) is 19.7 Å². The van der Waals surface area contributed by atoms with Gasteiger partial charge in [0.1, 0.15) is 11.8 Å². The van der Waals surface area contributed by atoms with Gasteiger partial charge in [-0.05, 0) is 68.8 Å². The van der Waals surface area contributed by atoms with Crippen LogP contribution in [-0.2, 0) is 33.1 Å². The fourth-order valence-electron chi connectivity index (χ4n) is 6.40.